The number of hydrogen-bond donors (Lipinski definition) is 1. The average molecular weight is 291 g/mol. The SMILES string of the molecule is CCNC(c1cncc(F)c1)C1(N2CCCC2)CCCC1. The van der Waals surface area contributed by atoms with Crippen LogP contribution in [0.15, 0.2) is 18.5 Å². The molecule has 1 N–H and O–H groups in total. The lowest BCUT2D eigenvalue weighted by molar-refractivity contribution is 0.0768. The van der Waals surface area contributed by atoms with Crippen LogP contribution in [0.2, 0.25) is 0 Å². The molecule has 1 aliphatic carbocycles. The van der Waals surface area contributed by atoms with Gasteiger partial charge in [0.15, 0.2) is 0 Å². The van der Waals surface area contributed by atoms with E-state index in [1.807, 2.05) is 6.20 Å². The van der Waals surface area contributed by atoms with Crippen LogP contribution < -0.4 is 5.32 Å². The molecule has 1 aliphatic heterocycles. The van der Waals surface area contributed by atoms with Crippen molar-refractivity contribution < 1.29 is 4.39 Å². The van der Waals surface area contributed by atoms with Crippen LogP contribution in [0.1, 0.15) is 57.1 Å². The highest BCUT2D eigenvalue weighted by Crippen LogP contribution is 2.45. The number of nitrogens with one attached hydrogen (secondary N) is 1. The van der Waals surface area contributed by atoms with Crippen LogP contribution in [0, 0.1) is 5.82 Å². The summed E-state index contributed by atoms with van der Waals surface area (Å²) >= 11 is 0. The summed E-state index contributed by atoms with van der Waals surface area (Å²) < 4.78 is 13.7. The van der Waals surface area contributed by atoms with Gasteiger partial charge in [0, 0.05) is 11.7 Å². The Morgan fingerprint density at radius 2 is 1.95 bits per heavy atom. The summed E-state index contributed by atoms with van der Waals surface area (Å²) in [5, 5.41) is 3.64. The van der Waals surface area contributed by atoms with Gasteiger partial charge in [-0.05, 0) is 56.9 Å². The molecule has 0 bridgehead atoms. The van der Waals surface area contributed by atoms with Gasteiger partial charge in [-0.25, -0.2) is 4.39 Å². The lowest BCUT2D eigenvalue weighted by Crippen LogP contribution is -2.54. The Hall–Kier alpha value is -1.00. The van der Waals surface area contributed by atoms with E-state index in [9.17, 15) is 4.39 Å². The smallest absolute Gasteiger partial charge is 0.141 e. The number of halogens is 1. The van der Waals surface area contributed by atoms with Crippen molar-refractivity contribution in [2.24, 2.45) is 0 Å². The number of rotatable bonds is 5. The van der Waals surface area contributed by atoms with Crippen LogP contribution in [0.4, 0.5) is 4.39 Å². The molecule has 116 valence electrons. The van der Waals surface area contributed by atoms with Crippen LogP contribution >= 0.6 is 0 Å². The molecule has 1 atom stereocenters. The minimum Gasteiger partial charge on any atom is -0.309 e. The molecule has 2 aliphatic rings. The van der Waals surface area contributed by atoms with Crippen molar-refractivity contribution >= 4 is 0 Å². The summed E-state index contributed by atoms with van der Waals surface area (Å²) in [6.07, 6.45) is 10.7. The van der Waals surface area contributed by atoms with E-state index in [2.05, 4.69) is 22.1 Å². The summed E-state index contributed by atoms with van der Waals surface area (Å²) in [5.41, 5.74) is 1.16. The summed E-state index contributed by atoms with van der Waals surface area (Å²) in [5.74, 6) is -0.232. The lowest BCUT2D eigenvalue weighted by atomic mass is 9.82. The van der Waals surface area contributed by atoms with Gasteiger partial charge in [0.1, 0.15) is 5.82 Å². The predicted octanol–water partition coefficient (Wildman–Crippen LogP) is 3.28. The maximum atomic E-state index is 13.7. The van der Waals surface area contributed by atoms with Crippen LogP contribution in [-0.2, 0) is 0 Å². The third kappa shape index (κ3) is 2.84. The van der Waals surface area contributed by atoms with Crippen LogP contribution in [0.3, 0.4) is 0 Å². The molecule has 21 heavy (non-hydrogen) atoms. The zero-order valence-electron chi connectivity index (χ0n) is 12.9. The molecule has 0 aromatic carbocycles. The van der Waals surface area contributed by atoms with E-state index in [1.165, 1.54) is 57.8 Å². The van der Waals surface area contributed by atoms with Gasteiger partial charge in [-0.1, -0.05) is 19.8 Å². The molecule has 1 unspecified atom stereocenters. The van der Waals surface area contributed by atoms with Gasteiger partial charge in [0.2, 0.25) is 0 Å². The Morgan fingerprint density at radius 3 is 2.57 bits per heavy atom. The summed E-state index contributed by atoms with van der Waals surface area (Å²) in [7, 11) is 0. The highest BCUT2D eigenvalue weighted by Gasteiger charge is 2.47. The summed E-state index contributed by atoms with van der Waals surface area (Å²) in [6, 6.07) is 1.85. The molecule has 1 saturated heterocycles. The molecule has 2 fully saturated rings. The number of hydrogen-bond acceptors (Lipinski definition) is 3. The van der Waals surface area contributed by atoms with E-state index in [-0.39, 0.29) is 17.4 Å². The Bertz CT molecular complexity index is 465. The van der Waals surface area contributed by atoms with Crippen LogP contribution in [0.25, 0.3) is 0 Å². The van der Waals surface area contributed by atoms with Crippen molar-refractivity contribution in [2.45, 2.75) is 57.0 Å². The van der Waals surface area contributed by atoms with E-state index in [4.69, 9.17) is 0 Å². The van der Waals surface area contributed by atoms with Gasteiger partial charge in [-0.2, -0.15) is 0 Å². The minimum atomic E-state index is -0.232. The molecular weight excluding hydrogens is 265 g/mol. The highest BCUT2D eigenvalue weighted by molar-refractivity contribution is 5.22. The fourth-order valence-electron chi connectivity index (χ4n) is 4.35. The van der Waals surface area contributed by atoms with Crippen molar-refractivity contribution in [3.8, 4) is 0 Å². The van der Waals surface area contributed by atoms with Gasteiger partial charge in [0.25, 0.3) is 0 Å². The fraction of sp³-hybridized carbons (Fsp3) is 0.706. The van der Waals surface area contributed by atoms with Gasteiger partial charge < -0.3 is 5.32 Å². The molecule has 2 heterocycles. The normalized spacial score (nSPS) is 23.5. The zero-order chi connectivity index (χ0) is 14.7. The standard InChI is InChI=1S/C17H26FN3/c1-2-20-16(14-11-15(18)13-19-12-14)17(7-3-4-8-17)21-9-5-6-10-21/h11-13,16,20H,2-10H2,1H3. The third-order valence-corrected chi connectivity index (χ3v) is 5.21. The Kier molecular flexibility index (Phi) is 4.55. The van der Waals surface area contributed by atoms with Gasteiger partial charge >= 0.3 is 0 Å². The lowest BCUT2D eigenvalue weighted by Gasteiger charge is -2.45. The Balaban J connectivity index is 1.96. The van der Waals surface area contributed by atoms with Gasteiger partial charge in [-0.3, -0.25) is 9.88 Å². The van der Waals surface area contributed by atoms with Crippen LogP contribution in [0.5, 0.6) is 0 Å². The first kappa shape index (κ1) is 14.9. The second-order valence-electron chi connectivity index (χ2n) is 6.43. The quantitative estimate of drug-likeness (QED) is 0.902. The number of aromatic nitrogens is 1. The van der Waals surface area contributed by atoms with E-state index < -0.39 is 0 Å². The monoisotopic (exact) mass is 291 g/mol. The molecule has 4 heteroatoms. The first-order chi connectivity index (χ1) is 10.3. The van der Waals surface area contributed by atoms with Gasteiger partial charge in [0.05, 0.1) is 12.2 Å². The molecule has 1 aromatic heterocycles. The average Bonchev–Trinajstić information content (AvgIpc) is 3.16. The molecule has 0 spiro atoms. The van der Waals surface area contributed by atoms with Crippen molar-refractivity contribution in [2.75, 3.05) is 19.6 Å². The molecular formula is C17H26FN3. The number of pyridine rings is 1. The molecule has 0 radical (unpaired) electrons. The maximum Gasteiger partial charge on any atom is 0.141 e. The molecule has 3 rings (SSSR count). The van der Waals surface area contributed by atoms with Crippen molar-refractivity contribution in [1.29, 1.82) is 0 Å². The second kappa shape index (κ2) is 6.41. The van der Waals surface area contributed by atoms with Crippen molar-refractivity contribution in [1.82, 2.24) is 15.2 Å². The van der Waals surface area contributed by atoms with Crippen molar-refractivity contribution in [3.05, 3.63) is 29.8 Å². The van der Waals surface area contributed by atoms with Crippen molar-refractivity contribution in [3.63, 3.8) is 0 Å². The zero-order valence-corrected chi connectivity index (χ0v) is 12.9. The number of likely N-dealkylation sites (tertiary alicyclic amines) is 1. The van der Waals surface area contributed by atoms with Gasteiger partial charge in [-0.15, -0.1) is 0 Å². The van der Waals surface area contributed by atoms with E-state index >= 15 is 0 Å². The topological polar surface area (TPSA) is 28.2 Å². The highest BCUT2D eigenvalue weighted by atomic mass is 19.1. The molecule has 3 nitrogen and oxygen atoms in total. The van der Waals surface area contributed by atoms with E-state index in [0.717, 1.165) is 12.1 Å². The molecule has 0 amide bonds. The number of nitrogens with zero attached hydrogens (tertiary/aromatic N) is 2. The van der Waals surface area contributed by atoms with E-state index in [1.54, 1.807) is 6.07 Å². The molecule has 1 saturated carbocycles. The summed E-state index contributed by atoms with van der Waals surface area (Å²) in [4.78, 5) is 6.75. The second-order valence-corrected chi connectivity index (χ2v) is 6.43. The van der Waals surface area contributed by atoms with E-state index in [0.29, 0.717) is 0 Å². The fourth-order valence-corrected chi connectivity index (χ4v) is 4.35. The minimum absolute atomic E-state index is 0.155. The predicted molar refractivity (Wildman–Crippen MR) is 82.6 cm³/mol. The third-order valence-electron chi connectivity index (χ3n) is 5.21. The van der Waals surface area contributed by atoms with Crippen LogP contribution in [-0.4, -0.2) is 35.1 Å². The molecule has 1 aromatic rings. The number of likely N-dealkylation sites (N-methyl/N-ethyl adjacent to an activating group) is 1. The largest absolute Gasteiger partial charge is 0.309 e. The summed E-state index contributed by atoms with van der Waals surface area (Å²) in [6.45, 7) is 5.40. The Labute approximate surface area is 126 Å². The first-order valence-electron chi connectivity index (χ1n) is 8.35. The maximum absolute atomic E-state index is 13.7. The Morgan fingerprint density at radius 1 is 1.24 bits per heavy atom. The first-order valence-corrected chi connectivity index (χ1v) is 8.35.